The maximum absolute atomic E-state index is 8.91. The first-order valence-corrected chi connectivity index (χ1v) is 6.47. The largest absolute Gasteiger partial charge is 0.438 e. The zero-order valence-electron chi connectivity index (χ0n) is 11.2. The Bertz CT molecular complexity index is 1020. The van der Waals surface area contributed by atoms with E-state index in [1.807, 2.05) is 48.1 Å². The highest BCUT2D eigenvalue weighted by molar-refractivity contribution is 6.04. The van der Waals surface area contributed by atoms with Crippen LogP contribution in [-0.4, -0.2) is 14.5 Å². The Kier molecular flexibility index (Phi) is 2.33. The first-order valence-electron chi connectivity index (χ1n) is 6.47. The smallest absolute Gasteiger partial charge is 0.228 e. The summed E-state index contributed by atoms with van der Waals surface area (Å²) in [6, 6.07) is 11.5. The van der Waals surface area contributed by atoms with Crippen molar-refractivity contribution in [2.75, 3.05) is 0 Å². The quantitative estimate of drug-likeness (QED) is 0.534. The summed E-state index contributed by atoms with van der Waals surface area (Å²) in [6.07, 6.45) is 3.66. The van der Waals surface area contributed by atoms with Gasteiger partial charge < -0.3 is 8.98 Å². The maximum Gasteiger partial charge on any atom is 0.228 e. The standard InChI is InChI=1S/C16H10N4O/c1-20-7-6-18-15(20)10-2-4-12-13-5-3-11(9-17)19-16(13)21-14(12)8-10/h2-8H,1H3. The maximum atomic E-state index is 8.91. The first kappa shape index (κ1) is 11.7. The summed E-state index contributed by atoms with van der Waals surface area (Å²) in [5.74, 6) is 0.878. The van der Waals surface area contributed by atoms with Crippen LogP contribution in [-0.2, 0) is 7.05 Å². The number of benzene rings is 1. The van der Waals surface area contributed by atoms with Gasteiger partial charge in [0.1, 0.15) is 23.2 Å². The molecule has 0 fully saturated rings. The van der Waals surface area contributed by atoms with E-state index in [1.165, 1.54) is 0 Å². The van der Waals surface area contributed by atoms with Gasteiger partial charge in [0.2, 0.25) is 5.71 Å². The van der Waals surface area contributed by atoms with Gasteiger partial charge in [-0.15, -0.1) is 0 Å². The Balaban J connectivity index is 1.98. The minimum Gasteiger partial charge on any atom is -0.438 e. The summed E-state index contributed by atoms with van der Waals surface area (Å²) in [4.78, 5) is 8.53. The molecule has 0 radical (unpaired) electrons. The highest BCUT2D eigenvalue weighted by atomic mass is 16.3. The number of aromatic nitrogens is 3. The summed E-state index contributed by atoms with van der Waals surface area (Å²) in [5, 5.41) is 10.8. The SMILES string of the molecule is Cn1ccnc1-c1ccc2c(c1)oc1nc(C#N)ccc12. The van der Waals surface area contributed by atoms with Crippen LogP contribution in [0.1, 0.15) is 5.69 Å². The van der Waals surface area contributed by atoms with Gasteiger partial charge in [0.15, 0.2) is 0 Å². The van der Waals surface area contributed by atoms with Crippen molar-refractivity contribution in [2.45, 2.75) is 0 Å². The summed E-state index contributed by atoms with van der Waals surface area (Å²) < 4.78 is 7.73. The van der Waals surface area contributed by atoms with Crippen LogP contribution in [0, 0.1) is 11.3 Å². The first-order chi connectivity index (χ1) is 10.3. The molecule has 0 N–H and O–H groups in total. The van der Waals surface area contributed by atoms with Gasteiger partial charge in [-0.1, -0.05) is 6.07 Å². The number of aryl methyl sites for hydroxylation is 1. The number of imidazole rings is 1. The monoisotopic (exact) mass is 274 g/mol. The van der Waals surface area contributed by atoms with Gasteiger partial charge in [0, 0.05) is 35.8 Å². The molecule has 100 valence electrons. The van der Waals surface area contributed by atoms with Crippen LogP contribution in [0.4, 0.5) is 0 Å². The summed E-state index contributed by atoms with van der Waals surface area (Å²) in [6.45, 7) is 0. The molecule has 0 aliphatic carbocycles. The summed E-state index contributed by atoms with van der Waals surface area (Å²) >= 11 is 0. The zero-order chi connectivity index (χ0) is 14.4. The predicted molar refractivity (Wildman–Crippen MR) is 78.4 cm³/mol. The van der Waals surface area contributed by atoms with Crippen LogP contribution in [0.5, 0.6) is 0 Å². The van der Waals surface area contributed by atoms with Gasteiger partial charge in [0.05, 0.1) is 0 Å². The second-order valence-corrected chi connectivity index (χ2v) is 4.84. The van der Waals surface area contributed by atoms with Crippen molar-refractivity contribution in [3.05, 3.63) is 48.4 Å². The number of rotatable bonds is 1. The molecule has 3 heterocycles. The van der Waals surface area contributed by atoms with E-state index in [0.717, 1.165) is 27.7 Å². The van der Waals surface area contributed by atoms with Crippen molar-refractivity contribution in [1.82, 2.24) is 14.5 Å². The molecule has 0 atom stereocenters. The van der Waals surface area contributed by atoms with E-state index in [9.17, 15) is 0 Å². The Labute approximate surface area is 120 Å². The number of furan rings is 1. The minimum absolute atomic E-state index is 0.353. The summed E-state index contributed by atoms with van der Waals surface area (Å²) in [7, 11) is 1.95. The second-order valence-electron chi connectivity index (χ2n) is 4.84. The van der Waals surface area contributed by atoms with E-state index in [2.05, 4.69) is 9.97 Å². The van der Waals surface area contributed by atoms with Crippen LogP contribution in [0.25, 0.3) is 33.5 Å². The molecule has 4 rings (SSSR count). The average molecular weight is 274 g/mol. The van der Waals surface area contributed by atoms with Gasteiger partial charge in [-0.25, -0.2) is 9.97 Å². The fourth-order valence-electron chi connectivity index (χ4n) is 2.50. The molecule has 5 nitrogen and oxygen atoms in total. The molecule has 0 aliphatic heterocycles. The van der Waals surface area contributed by atoms with Crippen LogP contribution in [0.15, 0.2) is 47.1 Å². The van der Waals surface area contributed by atoms with Crippen LogP contribution < -0.4 is 0 Å². The highest BCUT2D eigenvalue weighted by Gasteiger charge is 2.11. The Morgan fingerprint density at radius 3 is 2.81 bits per heavy atom. The molecule has 0 saturated carbocycles. The Morgan fingerprint density at radius 1 is 1.19 bits per heavy atom. The number of hydrogen-bond acceptors (Lipinski definition) is 4. The molecule has 1 aromatic carbocycles. The molecule has 0 aliphatic rings. The molecule has 0 unspecified atom stereocenters. The highest BCUT2D eigenvalue weighted by Crippen LogP contribution is 2.30. The molecule has 0 saturated heterocycles. The van der Waals surface area contributed by atoms with Crippen molar-refractivity contribution in [3.8, 4) is 17.5 Å². The average Bonchev–Trinajstić information content (AvgIpc) is 3.08. The molecule has 3 aromatic heterocycles. The van der Waals surface area contributed by atoms with Gasteiger partial charge in [-0.05, 0) is 24.3 Å². The number of nitrogens with zero attached hydrogens (tertiary/aromatic N) is 4. The normalized spacial score (nSPS) is 11.0. The lowest BCUT2D eigenvalue weighted by molar-refractivity contribution is 0.653. The van der Waals surface area contributed by atoms with Crippen molar-refractivity contribution < 1.29 is 4.42 Å². The second kappa shape index (κ2) is 4.18. The van der Waals surface area contributed by atoms with E-state index in [-0.39, 0.29) is 0 Å². The molecule has 0 amide bonds. The summed E-state index contributed by atoms with van der Waals surface area (Å²) in [5.41, 5.74) is 2.56. The Hall–Kier alpha value is -3.13. The van der Waals surface area contributed by atoms with E-state index in [1.54, 1.807) is 12.3 Å². The van der Waals surface area contributed by atoms with Crippen molar-refractivity contribution >= 4 is 22.1 Å². The van der Waals surface area contributed by atoms with Gasteiger partial charge in [0.25, 0.3) is 0 Å². The minimum atomic E-state index is 0.353. The number of hydrogen-bond donors (Lipinski definition) is 0. The third kappa shape index (κ3) is 1.70. The lowest BCUT2D eigenvalue weighted by atomic mass is 10.1. The van der Waals surface area contributed by atoms with E-state index in [4.69, 9.17) is 9.68 Å². The fourth-order valence-corrected chi connectivity index (χ4v) is 2.50. The lowest BCUT2D eigenvalue weighted by Gasteiger charge is -2.01. The lowest BCUT2D eigenvalue weighted by Crippen LogP contribution is -1.90. The Morgan fingerprint density at radius 2 is 2.05 bits per heavy atom. The van der Waals surface area contributed by atoms with Gasteiger partial charge in [-0.2, -0.15) is 5.26 Å². The molecular weight excluding hydrogens is 264 g/mol. The third-order valence-electron chi connectivity index (χ3n) is 3.53. The van der Waals surface area contributed by atoms with Crippen molar-refractivity contribution in [3.63, 3.8) is 0 Å². The van der Waals surface area contributed by atoms with Crippen LogP contribution in [0.2, 0.25) is 0 Å². The molecule has 4 aromatic rings. The van der Waals surface area contributed by atoms with Crippen molar-refractivity contribution in [1.29, 1.82) is 5.26 Å². The molecule has 21 heavy (non-hydrogen) atoms. The predicted octanol–water partition coefficient (Wildman–Crippen LogP) is 3.25. The number of nitriles is 1. The van der Waals surface area contributed by atoms with E-state index in [0.29, 0.717) is 11.4 Å². The van der Waals surface area contributed by atoms with Crippen molar-refractivity contribution in [2.24, 2.45) is 7.05 Å². The third-order valence-corrected chi connectivity index (χ3v) is 3.53. The number of fused-ring (bicyclic) bond motifs is 3. The molecule has 5 heteroatoms. The number of pyridine rings is 1. The van der Waals surface area contributed by atoms with Gasteiger partial charge in [-0.3, -0.25) is 0 Å². The molecular formula is C16H10N4O. The van der Waals surface area contributed by atoms with E-state index >= 15 is 0 Å². The molecule has 0 bridgehead atoms. The topological polar surface area (TPSA) is 67.6 Å². The zero-order valence-corrected chi connectivity index (χ0v) is 11.2. The van der Waals surface area contributed by atoms with E-state index < -0.39 is 0 Å². The van der Waals surface area contributed by atoms with Crippen LogP contribution >= 0.6 is 0 Å². The fraction of sp³-hybridized carbons (Fsp3) is 0.0625. The molecule has 0 spiro atoms. The van der Waals surface area contributed by atoms with Gasteiger partial charge >= 0.3 is 0 Å². The van der Waals surface area contributed by atoms with Crippen LogP contribution in [0.3, 0.4) is 0 Å².